The predicted molar refractivity (Wildman–Crippen MR) is 95.5 cm³/mol. The van der Waals surface area contributed by atoms with Gasteiger partial charge >= 0.3 is 11.7 Å². The fourth-order valence-electron chi connectivity index (χ4n) is 3.89. The van der Waals surface area contributed by atoms with Gasteiger partial charge in [0.15, 0.2) is 0 Å². The fourth-order valence-corrected chi connectivity index (χ4v) is 3.89. The molecule has 0 aliphatic carbocycles. The molecule has 26 heavy (non-hydrogen) atoms. The minimum atomic E-state index is -0.252. The molecule has 0 bridgehead atoms. The van der Waals surface area contributed by atoms with Crippen LogP contribution >= 0.6 is 0 Å². The molecule has 8 heteroatoms. The number of rotatable bonds is 3. The Balaban J connectivity index is 1.58. The normalized spacial score (nSPS) is 23.1. The lowest BCUT2D eigenvalue weighted by Crippen LogP contribution is -2.56. The number of nitrogens with two attached hydrogens (primary N) is 1. The van der Waals surface area contributed by atoms with Gasteiger partial charge in [-0.25, -0.2) is 9.59 Å². The van der Waals surface area contributed by atoms with Crippen LogP contribution in [-0.2, 0) is 24.9 Å². The molecule has 8 nitrogen and oxygen atoms in total. The van der Waals surface area contributed by atoms with E-state index in [-0.39, 0.29) is 23.9 Å². The number of ether oxygens (including phenoxy) is 1. The van der Waals surface area contributed by atoms with Gasteiger partial charge in [0.25, 0.3) is 0 Å². The number of fused-ring (bicyclic) bond motifs is 1. The fraction of sp³-hybridized carbons (Fsp3) is 0.444. The molecule has 0 saturated carbocycles. The van der Waals surface area contributed by atoms with Crippen LogP contribution in [0.15, 0.2) is 23.1 Å². The summed E-state index contributed by atoms with van der Waals surface area (Å²) in [4.78, 5) is 28.3. The first-order valence-corrected chi connectivity index (χ1v) is 8.71. The highest BCUT2D eigenvalue weighted by Crippen LogP contribution is 2.30. The van der Waals surface area contributed by atoms with Gasteiger partial charge in [-0.05, 0) is 24.1 Å². The highest BCUT2D eigenvalue weighted by atomic mass is 16.5. The number of hydrogen-bond donors (Lipinski definition) is 3. The van der Waals surface area contributed by atoms with E-state index in [9.17, 15) is 9.59 Å². The minimum Gasteiger partial charge on any atom is -0.457 e. The van der Waals surface area contributed by atoms with Gasteiger partial charge in [0.2, 0.25) is 0 Å². The van der Waals surface area contributed by atoms with Crippen LogP contribution in [0.3, 0.4) is 0 Å². The largest absolute Gasteiger partial charge is 0.457 e. The third-order valence-electron chi connectivity index (χ3n) is 5.38. The summed E-state index contributed by atoms with van der Waals surface area (Å²) in [5.41, 5.74) is 10.9. The van der Waals surface area contributed by atoms with Crippen LogP contribution in [0, 0.1) is 6.92 Å². The number of cyclic esters (lactones) is 1. The van der Waals surface area contributed by atoms with E-state index >= 15 is 0 Å². The Hall–Kier alpha value is -2.42. The van der Waals surface area contributed by atoms with Gasteiger partial charge in [0, 0.05) is 44.5 Å². The molecule has 2 atom stereocenters. The van der Waals surface area contributed by atoms with Gasteiger partial charge in [0.05, 0.1) is 17.4 Å². The van der Waals surface area contributed by atoms with Crippen LogP contribution in [0.25, 0.3) is 0 Å². The van der Waals surface area contributed by atoms with Crippen molar-refractivity contribution in [3.05, 3.63) is 56.8 Å². The third-order valence-corrected chi connectivity index (χ3v) is 5.38. The molecule has 1 saturated heterocycles. The number of aromatic amines is 1. The summed E-state index contributed by atoms with van der Waals surface area (Å²) >= 11 is 0. The number of carbonyl (C=O) groups is 1. The molecular formula is C18H23N5O3. The van der Waals surface area contributed by atoms with Gasteiger partial charge in [0.1, 0.15) is 6.61 Å². The van der Waals surface area contributed by atoms with E-state index < -0.39 is 0 Å². The van der Waals surface area contributed by atoms with E-state index in [1.807, 2.05) is 19.1 Å². The minimum absolute atomic E-state index is 0.0516. The first-order valence-electron chi connectivity index (χ1n) is 8.71. The quantitative estimate of drug-likeness (QED) is 0.674. The summed E-state index contributed by atoms with van der Waals surface area (Å²) in [7, 11) is 1.76. The zero-order valence-electron chi connectivity index (χ0n) is 14.9. The Bertz CT molecular complexity index is 916. The van der Waals surface area contributed by atoms with E-state index in [2.05, 4.69) is 15.2 Å². The Labute approximate surface area is 150 Å². The maximum absolute atomic E-state index is 11.7. The molecule has 138 valence electrons. The van der Waals surface area contributed by atoms with E-state index in [4.69, 9.17) is 10.5 Å². The summed E-state index contributed by atoms with van der Waals surface area (Å²) in [6, 6.07) is 3.88. The number of carbonyl (C=O) groups excluding carboxylic acids is 1. The van der Waals surface area contributed by atoms with Crippen molar-refractivity contribution in [2.75, 3.05) is 13.1 Å². The molecule has 1 aromatic heterocycles. The third kappa shape index (κ3) is 2.86. The topological polar surface area (TPSA) is 105 Å². The second-order valence-corrected chi connectivity index (χ2v) is 7.05. The van der Waals surface area contributed by atoms with Gasteiger partial charge in [-0.3, -0.25) is 14.8 Å². The van der Waals surface area contributed by atoms with Crippen LogP contribution in [0.1, 0.15) is 38.8 Å². The van der Waals surface area contributed by atoms with Crippen molar-refractivity contribution in [2.45, 2.75) is 32.3 Å². The number of benzene rings is 1. The van der Waals surface area contributed by atoms with Gasteiger partial charge in [-0.1, -0.05) is 6.07 Å². The van der Waals surface area contributed by atoms with Gasteiger partial charge in [-0.2, -0.15) is 0 Å². The van der Waals surface area contributed by atoms with Crippen molar-refractivity contribution in [1.82, 2.24) is 19.8 Å². The molecular weight excluding hydrogens is 334 g/mol. The Morgan fingerprint density at radius 2 is 2.12 bits per heavy atom. The maximum atomic E-state index is 11.7. The van der Waals surface area contributed by atoms with Crippen molar-refractivity contribution in [3.8, 4) is 0 Å². The summed E-state index contributed by atoms with van der Waals surface area (Å²) < 4.78 is 6.77. The number of piperazine rings is 1. The first kappa shape index (κ1) is 17.0. The monoisotopic (exact) mass is 357 g/mol. The second kappa shape index (κ2) is 6.39. The van der Waals surface area contributed by atoms with Crippen LogP contribution in [0.5, 0.6) is 0 Å². The average Bonchev–Trinajstić information content (AvgIpc) is 3.13. The number of H-pyrrole nitrogens is 1. The number of hydrogen-bond acceptors (Lipinski definition) is 6. The zero-order valence-corrected chi connectivity index (χ0v) is 14.9. The van der Waals surface area contributed by atoms with Crippen LogP contribution in [0.2, 0.25) is 0 Å². The number of nitrogens with one attached hydrogen (secondary N) is 2. The van der Waals surface area contributed by atoms with Crippen molar-refractivity contribution in [1.29, 1.82) is 0 Å². The lowest BCUT2D eigenvalue weighted by Gasteiger charge is -2.38. The van der Waals surface area contributed by atoms with Gasteiger partial charge < -0.3 is 15.5 Å². The SMILES string of the molecule is Cc1c([C@@H]2CN(Cc3c[nH]c(=O)n3C)C[C@H](N)N2)ccc2c1COC2=O. The zero-order chi connectivity index (χ0) is 18.4. The Morgan fingerprint density at radius 1 is 1.31 bits per heavy atom. The van der Waals surface area contributed by atoms with Crippen molar-refractivity contribution in [3.63, 3.8) is 0 Å². The van der Waals surface area contributed by atoms with E-state index in [1.54, 1.807) is 17.8 Å². The van der Waals surface area contributed by atoms with E-state index in [0.717, 1.165) is 28.9 Å². The molecule has 2 aliphatic rings. The lowest BCUT2D eigenvalue weighted by molar-refractivity contribution is 0.0535. The number of nitrogens with zero attached hydrogens (tertiary/aromatic N) is 2. The Morgan fingerprint density at radius 3 is 2.85 bits per heavy atom. The predicted octanol–water partition coefficient (Wildman–Crippen LogP) is 0.124. The molecule has 4 N–H and O–H groups in total. The summed E-state index contributed by atoms with van der Waals surface area (Å²) in [5.74, 6) is -0.252. The molecule has 1 fully saturated rings. The lowest BCUT2D eigenvalue weighted by atomic mass is 9.93. The highest BCUT2D eigenvalue weighted by Gasteiger charge is 2.30. The van der Waals surface area contributed by atoms with Crippen molar-refractivity contribution in [2.24, 2.45) is 12.8 Å². The second-order valence-electron chi connectivity index (χ2n) is 7.05. The number of aromatic nitrogens is 2. The van der Waals surface area contributed by atoms with Crippen LogP contribution in [0.4, 0.5) is 0 Å². The number of esters is 1. The summed E-state index contributed by atoms with van der Waals surface area (Å²) in [6.45, 7) is 4.47. The maximum Gasteiger partial charge on any atom is 0.338 e. The molecule has 2 aliphatic heterocycles. The van der Waals surface area contributed by atoms with Crippen LogP contribution < -0.4 is 16.7 Å². The van der Waals surface area contributed by atoms with Crippen molar-refractivity contribution < 1.29 is 9.53 Å². The van der Waals surface area contributed by atoms with E-state index in [1.165, 1.54) is 0 Å². The van der Waals surface area contributed by atoms with Gasteiger partial charge in [-0.15, -0.1) is 0 Å². The number of imidazole rings is 1. The molecule has 3 heterocycles. The van der Waals surface area contributed by atoms with E-state index in [0.29, 0.717) is 25.3 Å². The highest BCUT2D eigenvalue weighted by molar-refractivity contribution is 5.93. The summed E-state index contributed by atoms with van der Waals surface area (Å²) in [5, 5.41) is 3.45. The summed E-state index contributed by atoms with van der Waals surface area (Å²) in [6.07, 6.45) is 1.57. The average molecular weight is 357 g/mol. The molecule has 4 rings (SSSR count). The van der Waals surface area contributed by atoms with Crippen LogP contribution in [-0.4, -0.2) is 39.7 Å². The molecule has 2 aromatic rings. The van der Waals surface area contributed by atoms with Crippen molar-refractivity contribution >= 4 is 5.97 Å². The molecule has 1 aromatic carbocycles. The standard InChI is InChI=1S/C18H23N5O3/c1-10-12(3-4-13-14(10)9-26-17(13)24)15-7-23(8-16(19)21-15)6-11-5-20-18(25)22(11)2/h3-5,15-16,21H,6-9,19H2,1-2H3,(H,20,25)/t15-,16+/m0/s1. The smallest absolute Gasteiger partial charge is 0.338 e. The molecule has 0 radical (unpaired) electrons. The molecule has 0 amide bonds. The molecule has 0 unspecified atom stereocenters. The Kier molecular flexibility index (Phi) is 4.18. The molecule has 0 spiro atoms. The first-order chi connectivity index (χ1) is 12.4.